The maximum Gasteiger partial charge on any atom is 0.360 e. The first-order valence-electron chi connectivity index (χ1n) is 5.18. The van der Waals surface area contributed by atoms with Crippen LogP contribution < -0.4 is 4.74 Å². The number of carbonyl (C=O) groups is 1. The molecule has 0 atom stereocenters. The summed E-state index contributed by atoms with van der Waals surface area (Å²) in [5, 5.41) is 8.86. The number of hydrogen-bond donors (Lipinski definition) is 1. The molecule has 0 radical (unpaired) electrons. The van der Waals surface area contributed by atoms with Gasteiger partial charge in [-0.15, -0.1) is 0 Å². The van der Waals surface area contributed by atoms with E-state index in [2.05, 4.69) is 9.97 Å². The van der Waals surface area contributed by atoms with E-state index in [1.807, 2.05) is 13.8 Å². The van der Waals surface area contributed by atoms with Crippen molar-refractivity contribution in [2.24, 2.45) is 0 Å². The van der Waals surface area contributed by atoms with Gasteiger partial charge in [0.2, 0.25) is 11.6 Å². The Labute approximate surface area is 99.6 Å². The Balaban J connectivity index is 2.61. The number of ether oxygens (including phenoxy) is 2. The van der Waals surface area contributed by atoms with Crippen molar-refractivity contribution in [2.45, 2.75) is 25.9 Å². The number of aromatic nitrogens is 2. The molecule has 0 saturated heterocycles. The van der Waals surface area contributed by atoms with Crippen molar-refractivity contribution in [3.05, 3.63) is 18.1 Å². The SMILES string of the molecule is COC(C)(C)CCOc1nccnc1C(=O)O. The first-order chi connectivity index (χ1) is 7.96. The molecule has 0 aliphatic carbocycles. The van der Waals surface area contributed by atoms with Crippen LogP contribution in [0.4, 0.5) is 0 Å². The Morgan fingerprint density at radius 3 is 2.65 bits per heavy atom. The second-order valence-electron chi connectivity index (χ2n) is 4.08. The molecule has 0 fully saturated rings. The zero-order valence-corrected chi connectivity index (χ0v) is 10.1. The van der Waals surface area contributed by atoms with E-state index in [-0.39, 0.29) is 17.2 Å². The molecule has 1 heterocycles. The van der Waals surface area contributed by atoms with Crippen molar-refractivity contribution in [3.63, 3.8) is 0 Å². The van der Waals surface area contributed by atoms with Gasteiger partial charge in [-0.05, 0) is 13.8 Å². The van der Waals surface area contributed by atoms with E-state index in [9.17, 15) is 4.79 Å². The average molecular weight is 240 g/mol. The molecule has 1 N–H and O–H groups in total. The Hall–Kier alpha value is -1.69. The highest BCUT2D eigenvalue weighted by Gasteiger charge is 2.18. The third-order valence-electron chi connectivity index (χ3n) is 2.36. The van der Waals surface area contributed by atoms with Crippen LogP contribution in [0.25, 0.3) is 0 Å². The zero-order chi connectivity index (χ0) is 12.9. The molecule has 1 rings (SSSR count). The Morgan fingerprint density at radius 1 is 1.41 bits per heavy atom. The summed E-state index contributed by atoms with van der Waals surface area (Å²) in [6, 6.07) is 0. The predicted molar refractivity (Wildman–Crippen MR) is 60.2 cm³/mol. The monoisotopic (exact) mass is 240 g/mol. The van der Waals surface area contributed by atoms with E-state index in [1.54, 1.807) is 7.11 Å². The summed E-state index contributed by atoms with van der Waals surface area (Å²) >= 11 is 0. The van der Waals surface area contributed by atoms with E-state index in [1.165, 1.54) is 12.4 Å². The summed E-state index contributed by atoms with van der Waals surface area (Å²) in [5.41, 5.74) is -0.492. The van der Waals surface area contributed by atoms with Gasteiger partial charge in [-0.2, -0.15) is 0 Å². The van der Waals surface area contributed by atoms with Crippen molar-refractivity contribution in [2.75, 3.05) is 13.7 Å². The molecule has 0 aliphatic rings. The van der Waals surface area contributed by atoms with Crippen LogP contribution in [0.1, 0.15) is 30.8 Å². The van der Waals surface area contributed by atoms with Crippen molar-refractivity contribution in [3.8, 4) is 5.88 Å². The first kappa shape index (κ1) is 13.4. The van der Waals surface area contributed by atoms with Crippen LogP contribution >= 0.6 is 0 Å². The number of methoxy groups -OCH3 is 1. The molecule has 6 heteroatoms. The van der Waals surface area contributed by atoms with Gasteiger partial charge in [0, 0.05) is 25.9 Å². The van der Waals surface area contributed by atoms with Crippen molar-refractivity contribution < 1.29 is 19.4 Å². The normalized spacial score (nSPS) is 11.2. The molecule has 6 nitrogen and oxygen atoms in total. The van der Waals surface area contributed by atoms with Crippen molar-refractivity contribution in [1.82, 2.24) is 9.97 Å². The fourth-order valence-corrected chi connectivity index (χ4v) is 1.07. The van der Waals surface area contributed by atoms with Crippen LogP contribution in [-0.4, -0.2) is 40.4 Å². The maximum absolute atomic E-state index is 10.8. The molecule has 1 aromatic rings. The molecule has 1 aromatic heterocycles. The van der Waals surface area contributed by atoms with Crippen LogP contribution in [0.5, 0.6) is 5.88 Å². The molecule has 0 amide bonds. The number of carboxylic acid groups (broad SMARTS) is 1. The van der Waals surface area contributed by atoms with E-state index >= 15 is 0 Å². The number of hydrogen-bond acceptors (Lipinski definition) is 5. The number of aromatic carboxylic acids is 1. The van der Waals surface area contributed by atoms with Crippen LogP contribution in [0.15, 0.2) is 12.4 Å². The lowest BCUT2D eigenvalue weighted by atomic mass is 10.1. The van der Waals surface area contributed by atoms with Gasteiger partial charge in [0.15, 0.2) is 0 Å². The second-order valence-corrected chi connectivity index (χ2v) is 4.08. The van der Waals surface area contributed by atoms with Crippen LogP contribution in [-0.2, 0) is 4.74 Å². The summed E-state index contributed by atoms with van der Waals surface area (Å²) in [5.74, 6) is -1.12. The minimum absolute atomic E-state index is 0.0342. The van der Waals surface area contributed by atoms with Gasteiger partial charge in [-0.3, -0.25) is 0 Å². The Morgan fingerprint density at radius 2 is 2.06 bits per heavy atom. The van der Waals surface area contributed by atoms with Crippen LogP contribution in [0.2, 0.25) is 0 Å². The van der Waals surface area contributed by atoms with Gasteiger partial charge in [0.05, 0.1) is 12.2 Å². The van der Waals surface area contributed by atoms with Gasteiger partial charge < -0.3 is 14.6 Å². The maximum atomic E-state index is 10.8. The van der Waals surface area contributed by atoms with E-state index in [0.29, 0.717) is 13.0 Å². The summed E-state index contributed by atoms with van der Waals surface area (Å²) in [6.07, 6.45) is 3.33. The summed E-state index contributed by atoms with van der Waals surface area (Å²) in [6.45, 7) is 4.16. The van der Waals surface area contributed by atoms with E-state index in [4.69, 9.17) is 14.6 Å². The molecule has 0 bridgehead atoms. The topological polar surface area (TPSA) is 81.5 Å². The van der Waals surface area contributed by atoms with Gasteiger partial charge in [0.25, 0.3) is 0 Å². The minimum atomic E-state index is -1.15. The smallest absolute Gasteiger partial charge is 0.360 e. The third kappa shape index (κ3) is 3.99. The number of rotatable bonds is 6. The van der Waals surface area contributed by atoms with Gasteiger partial charge in [-0.25, -0.2) is 14.8 Å². The molecule has 0 aromatic carbocycles. The molecule has 94 valence electrons. The van der Waals surface area contributed by atoms with Crippen LogP contribution in [0, 0.1) is 0 Å². The largest absolute Gasteiger partial charge is 0.476 e. The number of nitrogens with zero attached hydrogens (tertiary/aromatic N) is 2. The lowest BCUT2D eigenvalue weighted by Crippen LogP contribution is -2.25. The van der Waals surface area contributed by atoms with Gasteiger partial charge in [-0.1, -0.05) is 0 Å². The summed E-state index contributed by atoms with van der Waals surface area (Å²) < 4.78 is 10.5. The molecular weight excluding hydrogens is 224 g/mol. The molecular formula is C11H16N2O4. The summed E-state index contributed by atoms with van der Waals surface area (Å²) in [4.78, 5) is 18.4. The Kier molecular flexibility index (Phi) is 4.39. The Bertz CT molecular complexity index is 393. The molecule has 0 aliphatic heterocycles. The predicted octanol–water partition coefficient (Wildman–Crippen LogP) is 1.37. The fourth-order valence-electron chi connectivity index (χ4n) is 1.07. The molecule has 17 heavy (non-hydrogen) atoms. The van der Waals surface area contributed by atoms with Gasteiger partial charge in [0.1, 0.15) is 0 Å². The average Bonchev–Trinajstić information content (AvgIpc) is 2.29. The van der Waals surface area contributed by atoms with Gasteiger partial charge >= 0.3 is 5.97 Å². The first-order valence-corrected chi connectivity index (χ1v) is 5.18. The number of carboxylic acids is 1. The molecule has 0 unspecified atom stereocenters. The molecule has 0 spiro atoms. The highest BCUT2D eigenvalue weighted by atomic mass is 16.5. The van der Waals surface area contributed by atoms with E-state index in [0.717, 1.165) is 0 Å². The fraction of sp³-hybridized carbons (Fsp3) is 0.545. The quantitative estimate of drug-likeness (QED) is 0.808. The standard InChI is InChI=1S/C11H16N2O4/c1-11(2,16-3)4-7-17-9-8(10(14)15)12-5-6-13-9/h5-6H,4,7H2,1-3H3,(H,14,15). The highest BCUT2D eigenvalue weighted by Crippen LogP contribution is 2.16. The lowest BCUT2D eigenvalue weighted by Gasteiger charge is -2.22. The minimum Gasteiger partial charge on any atom is -0.476 e. The second kappa shape index (κ2) is 5.58. The van der Waals surface area contributed by atoms with Crippen molar-refractivity contribution >= 4 is 5.97 Å². The third-order valence-corrected chi connectivity index (χ3v) is 2.36. The van der Waals surface area contributed by atoms with E-state index < -0.39 is 5.97 Å². The zero-order valence-electron chi connectivity index (χ0n) is 10.1. The van der Waals surface area contributed by atoms with Crippen LogP contribution in [0.3, 0.4) is 0 Å². The van der Waals surface area contributed by atoms with Crippen molar-refractivity contribution in [1.29, 1.82) is 0 Å². The molecule has 0 saturated carbocycles. The summed E-state index contributed by atoms with van der Waals surface area (Å²) in [7, 11) is 1.62. The highest BCUT2D eigenvalue weighted by molar-refractivity contribution is 5.87. The lowest BCUT2D eigenvalue weighted by molar-refractivity contribution is 0.00494.